The van der Waals surface area contributed by atoms with Crippen LogP contribution in [0, 0.1) is 0 Å². The zero-order valence-corrected chi connectivity index (χ0v) is 12.7. The van der Waals surface area contributed by atoms with E-state index in [1.165, 1.54) is 4.88 Å². The molecule has 1 aromatic heterocycles. The van der Waals surface area contributed by atoms with Crippen molar-refractivity contribution in [3.05, 3.63) is 16.1 Å². The molecule has 0 aliphatic heterocycles. The second-order valence-electron chi connectivity index (χ2n) is 4.83. The number of aryl methyl sites for hydroxylation is 1. The van der Waals surface area contributed by atoms with E-state index in [4.69, 9.17) is 0 Å². The lowest BCUT2D eigenvalue weighted by molar-refractivity contribution is -0.126. The van der Waals surface area contributed by atoms with Crippen LogP contribution in [0.4, 0.5) is 0 Å². The van der Waals surface area contributed by atoms with Gasteiger partial charge in [0.15, 0.2) is 0 Å². The Hall–Kier alpha value is -0.940. The minimum atomic E-state index is -0.125. The molecule has 0 aliphatic carbocycles. The average molecular weight is 269 g/mol. The number of nitrogens with one attached hydrogen (secondary N) is 1. The Morgan fingerprint density at radius 2 is 2.17 bits per heavy atom. The fraction of sp³-hybridized carbons (Fsp3) is 0.692. The summed E-state index contributed by atoms with van der Waals surface area (Å²) < 4.78 is 0. The molecular weight excluding hydrogens is 246 g/mol. The number of hydrogen-bond acceptors (Lipinski definition) is 4. The molecule has 4 nitrogen and oxygen atoms in total. The highest BCUT2D eigenvalue weighted by atomic mass is 32.1. The topological polar surface area (TPSA) is 45.2 Å². The first kappa shape index (κ1) is 15.1. The molecule has 102 valence electrons. The molecule has 1 unspecified atom stereocenters. The van der Waals surface area contributed by atoms with Gasteiger partial charge in [0.2, 0.25) is 5.91 Å². The van der Waals surface area contributed by atoms with E-state index >= 15 is 0 Å². The molecule has 1 amide bonds. The summed E-state index contributed by atoms with van der Waals surface area (Å²) in [6.07, 6.45) is 2.88. The molecular formula is C13H23N3OS. The monoisotopic (exact) mass is 269 g/mol. The van der Waals surface area contributed by atoms with Crippen molar-refractivity contribution in [2.45, 2.75) is 52.7 Å². The second-order valence-corrected chi connectivity index (χ2v) is 6.03. The molecule has 0 bridgehead atoms. The van der Waals surface area contributed by atoms with Crippen LogP contribution in [0.2, 0.25) is 0 Å². The summed E-state index contributed by atoms with van der Waals surface area (Å²) in [5.41, 5.74) is 0. The smallest absolute Gasteiger partial charge is 0.237 e. The number of hydrogen-bond donors (Lipinski definition) is 1. The number of likely N-dealkylation sites (N-methyl/N-ethyl adjacent to an activating group) is 1. The van der Waals surface area contributed by atoms with Crippen molar-refractivity contribution < 1.29 is 4.79 Å². The van der Waals surface area contributed by atoms with Gasteiger partial charge in [-0.1, -0.05) is 6.92 Å². The van der Waals surface area contributed by atoms with Crippen molar-refractivity contribution in [1.29, 1.82) is 0 Å². The molecule has 0 saturated carbocycles. The summed E-state index contributed by atoms with van der Waals surface area (Å²) in [5, 5.41) is 4.08. The SMILES string of the molecule is CCc1ncc(CN(C)C(C)C(=O)NC(C)C)s1. The number of carbonyl (C=O) groups is 1. The highest BCUT2D eigenvalue weighted by Gasteiger charge is 2.19. The number of thiazole rings is 1. The minimum Gasteiger partial charge on any atom is -0.353 e. The summed E-state index contributed by atoms with van der Waals surface area (Å²) in [6, 6.07) is 0.0584. The van der Waals surface area contributed by atoms with Gasteiger partial charge in [-0.2, -0.15) is 0 Å². The summed E-state index contributed by atoms with van der Waals surface area (Å²) in [4.78, 5) is 19.5. The molecule has 18 heavy (non-hydrogen) atoms. The van der Waals surface area contributed by atoms with Crippen molar-refractivity contribution in [2.75, 3.05) is 7.05 Å². The summed E-state index contributed by atoms with van der Waals surface area (Å²) in [7, 11) is 1.97. The Balaban J connectivity index is 2.53. The van der Waals surface area contributed by atoms with Gasteiger partial charge in [0.25, 0.3) is 0 Å². The van der Waals surface area contributed by atoms with Gasteiger partial charge in [0.05, 0.1) is 11.0 Å². The summed E-state index contributed by atoms with van der Waals surface area (Å²) in [5.74, 6) is 0.0766. The highest BCUT2D eigenvalue weighted by Crippen LogP contribution is 2.16. The molecule has 0 fully saturated rings. The first-order valence-electron chi connectivity index (χ1n) is 6.38. The molecule has 5 heteroatoms. The standard InChI is InChI=1S/C13H23N3OS/c1-6-12-14-7-11(18-12)8-16(5)10(4)13(17)15-9(2)3/h7,9-10H,6,8H2,1-5H3,(H,15,17). The van der Waals surface area contributed by atoms with E-state index in [1.54, 1.807) is 11.3 Å². The minimum absolute atomic E-state index is 0.0766. The maximum absolute atomic E-state index is 11.9. The molecule has 1 N–H and O–H groups in total. The van der Waals surface area contributed by atoms with E-state index < -0.39 is 0 Å². The quantitative estimate of drug-likeness (QED) is 0.859. The third-order valence-electron chi connectivity index (χ3n) is 2.78. The predicted molar refractivity (Wildman–Crippen MR) is 75.7 cm³/mol. The summed E-state index contributed by atoms with van der Waals surface area (Å²) >= 11 is 1.72. The Labute approximate surface area is 113 Å². The van der Waals surface area contributed by atoms with Gasteiger partial charge < -0.3 is 5.32 Å². The van der Waals surface area contributed by atoms with Crippen LogP contribution in [0.25, 0.3) is 0 Å². The van der Waals surface area contributed by atoms with Crippen LogP contribution < -0.4 is 5.32 Å². The number of aromatic nitrogens is 1. The lowest BCUT2D eigenvalue weighted by Crippen LogP contribution is -2.45. The van der Waals surface area contributed by atoms with E-state index in [0.29, 0.717) is 0 Å². The maximum atomic E-state index is 11.9. The average Bonchev–Trinajstić information content (AvgIpc) is 2.74. The lowest BCUT2D eigenvalue weighted by Gasteiger charge is -2.24. The van der Waals surface area contributed by atoms with Gasteiger partial charge in [0, 0.05) is 23.7 Å². The van der Waals surface area contributed by atoms with Crippen molar-refractivity contribution in [1.82, 2.24) is 15.2 Å². The van der Waals surface area contributed by atoms with Crippen LogP contribution in [-0.2, 0) is 17.8 Å². The third-order valence-corrected chi connectivity index (χ3v) is 3.91. The normalized spacial score (nSPS) is 13.1. The molecule has 1 aromatic rings. The van der Waals surface area contributed by atoms with Crippen LogP contribution in [0.1, 0.15) is 37.6 Å². The largest absolute Gasteiger partial charge is 0.353 e. The third kappa shape index (κ3) is 4.38. The van der Waals surface area contributed by atoms with Gasteiger partial charge in [-0.25, -0.2) is 4.98 Å². The van der Waals surface area contributed by atoms with E-state index in [0.717, 1.165) is 18.0 Å². The number of amides is 1. The fourth-order valence-electron chi connectivity index (χ4n) is 1.57. The molecule has 1 atom stereocenters. The van der Waals surface area contributed by atoms with Gasteiger partial charge in [0.1, 0.15) is 0 Å². The van der Waals surface area contributed by atoms with Crippen molar-refractivity contribution >= 4 is 17.2 Å². The van der Waals surface area contributed by atoms with E-state index in [9.17, 15) is 4.79 Å². The first-order valence-corrected chi connectivity index (χ1v) is 7.19. The fourth-order valence-corrected chi connectivity index (χ4v) is 2.50. The molecule has 0 spiro atoms. The van der Waals surface area contributed by atoms with E-state index in [-0.39, 0.29) is 18.0 Å². The Morgan fingerprint density at radius 3 is 2.67 bits per heavy atom. The number of rotatable bonds is 6. The Bertz CT molecular complexity index is 389. The van der Waals surface area contributed by atoms with Crippen LogP contribution in [-0.4, -0.2) is 34.9 Å². The van der Waals surface area contributed by atoms with Gasteiger partial charge in [-0.05, 0) is 34.2 Å². The van der Waals surface area contributed by atoms with Gasteiger partial charge in [-0.3, -0.25) is 9.69 Å². The van der Waals surface area contributed by atoms with Crippen LogP contribution in [0.3, 0.4) is 0 Å². The lowest BCUT2D eigenvalue weighted by atomic mass is 10.2. The van der Waals surface area contributed by atoms with Crippen LogP contribution in [0.5, 0.6) is 0 Å². The number of nitrogens with zero attached hydrogens (tertiary/aromatic N) is 2. The molecule has 1 heterocycles. The van der Waals surface area contributed by atoms with E-state index in [2.05, 4.69) is 17.2 Å². The van der Waals surface area contributed by atoms with Gasteiger partial charge >= 0.3 is 0 Å². The van der Waals surface area contributed by atoms with Crippen molar-refractivity contribution in [2.24, 2.45) is 0 Å². The van der Waals surface area contributed by atoms with Crippen LogP contribution in [0.15, 0.2) is 6.20 Å². The van der Waals surface area contributed by atoms with Crippen LogP contribution >= 0.6 is 11.3 Å². The van der Waals surface area contributed by atoms with E-state index in [1.807, 2.05) is 38.9 Å². The van der Waals surface area contributed by atoms with Crippen molar-refractivity contribution in [3.63, 3.8) is 0 Å². The zero-order chi connectivity index (χ0) is 13.7. The Kier molecular flexibility index (Phi) is 5.75. The summed E-state index contributed by atoms with van der Waals surface area (Å²) in [6.45, 7) is 8.75. The number of carbonyl (C=O) groups excluding carboxylic acids is 1. The second kappa shape index (κ2) is 6.85. The highest BCUT2D eigenvalue weighted by molar-refractivity contribution is 7.11. The first-order chi connectivity index (χ1) is 8.43. The van der Waals surface area contributed by atoms with Crippen molar-refractivity contribution in [3.8, 4) is 0 Å². The van der Waals surface area contributed by atoms with Gasteiger partial charge in [-0.15, -0.1) is 11.3 Å². The Morgan fingerprint density at radius 1 is 1.50 bits per heavy atom. The molecule has 0 aromatic carbocycles. The predicted octanol–water partition coefficient (Wildman–Crippen LogP) is 2.05. The maximum Gasteiger partial charge on any atom is 0.237 e. The molecule has 1 rings (SSSR count). The zero-order valence-electron chi connectivity index (χ0n) is 11.9. The molecule has 0 radical (unpaired) electrons. The molecule has 0 saturated heterocycles. The molecule has 0 aliphatic rings.